The van der Waals surface area contributed by atoms with Crippen LogP contribution in [0.1, 0.15) is 11.1 Å². The van der Waals surface area contributed by atoms with Gasteiger partial charge in [-0.15, -0.1) is 0 Å². The minimum atomic E-state index is -4.90. The second-order valence-electron chi connectivity index (χ2n) is 4.72. The maximum Gasteiger partial charge on any atom is 0.419 e. The molecule has 0 heterocycles. The Hall–Kier alpha value is -2.71. The molecule has 0 saturated heterocycles. The third-order valence-corrected chi connectivity index (χ3v) is 2.99. The first-order valence-electron chi connectivity index (χ1n) is 6.53. The van der Waals surface area contributed by atoms with Crippen LogP contribution in [0.4, 0.5) is 36.8 Å². The molecular formula is C15H10F6N2O. The van der Waals surface area contributed by atoms with Crippen LogP contribution < -0.4 is 10.6 Å². The number of alkyl halides is 3. The molecule has 0 spiro atoms. The first-order valence-corrected chi connectivity index (χ1v) is 6.53. The van der Waals surface area contributed by atoms with E-state index in [9.17, 15) is 31.1 Å². The Morgan fingerprint density at radius 3 is 2.33 bits per heavy atom. The van der Waals surface area contributed by atoms with Crippen LogP contribution in [0.15, 0.2) is 36.4 Å². The lowest BCUT2D eigenvalue weighted by atomic mass is 10.2. The predicted octanol–water partition coefficient (Wildman–Crippen LogP) is 4.44. The molecule has 3 nitrogen and oxygen atoms in total. The Bertz CT molecular complexity index is 760. The van der Waals surface area contributed by atoms with Crippen molar-refractivity contribution in [1.29, 1.82) is 0 Å². The van der Waals surface area contributed by atoms with Crippen molar-refractivity contribution in [2.24, 2.45) is 0 Å². The van der Waals surface area contributed by atoms with Gasteiger partial charge >= 0.3 is 12.2 Å². The molecule has 0 radical (unpaired) electrons. The molecule has 0 bridgehead atoms. The van der Waals surface area contributed by atoms with E-state index in [4.69, 9.17) is 0 Å². The molecule has 9 heteroatoms. The third kappa shape index (κ3) is 4.18. The average molecular weight is 348 g/mol. The Morgan fingerprint density at radius 1 is 1.00 bits per heavy atom. The Labute approximate surface area is 132 Å². The predicted molar refractivity (Wildman–Crippen MR) is 73.6 cm³/mol. The smallest absolute Gasteiger partial charge is 0.334 e. The molecule has 2 aromatic rings. The van der Waals surface area contributed by atoms with Gasteiger partial charge in [0, 0.05) is 6.54 Å². The van der Waals surface area contributed by atoms with Crippen molar-refractivity contribution in [3.63, 3.8) is 0 Å². The third-order valence-electron chi connectivity index (χ3n) is 2.99. The zero-order chi connectivity index (χ0) is 17.9. The number of anilines is 1. The Kier molecular flexibility index (Phi) is 5.01. The first kappa shape index (κ1) is 17.6. The van der Waals surface area contributed by atoms with Gasteiger partial charge in [0.2, 0.25) is 0 Å². The fourth-order valence-corrected chi connectivity index (χ4v) is 1.85. The average Bonchev–Trinajstić information content (AvgIpc) is 2.49. The minimum absolute atomic E-state index is 0.216. The maximum absolute atomic E-state index is 13.7. The summed E-state index contributed by atoms with van der Waals surface area (Å²) in [5.41, 5.74) is -1.96. The van der Waals surface area contributed by atoms with Gasteiger partial charge in [-0.1, -0.05) is 12.1 Å². The molecule has 2 N–H and O–H groups in total. The maximum atomic E-state index is 13.7. The molecule has 2 rings (SSSR count). The van der Waals surface area contributed by atoms with E-state index in [0.29, 0.717) is 6.07 Å². The topological polar surface area (TPSA) is 41.1 Å². The number of amides is 2. The van der Waals surface area contributed by atoms with Gasteiger partial charge in [0.25, 0.3) is 0 Å². The van der Waals surface area contributed by atoms with Crippen LogP contribution in [0, 0.1) is 17.5 Å². The fraction of sp³-hybridized carbons (Fsp3) is 0.133. The molecule has 0 unspecified atom stereocenters. The largest absolute Gasteiger partial charge is 0.419 e. The van der Waals surface area contributed by atoms with Crippen molar-refractivity contribution in [3.8, 4) is 0 Å². The Morgan fingerprint density at radius 2 is 1.71 bits per heavy atom. The number of benzene rings is 2. The highest BCUT2D eigenvalue weighted by atomic mass is 19.4. The van der Waals surface area contributed by atoms with Gasteiger partial charge < -0.3 is 10.6 Å². The van der Waals surface area contributed by atoms with Crippen LogP contribution in [0.25, 0.3) is 0 Å². The molecule has 0 aliphatic heterocycles. The van der Waals surface area contributed by atoms with Gasteiger partial charge in [-0.2, -0.15) is 13.2 Å². The van der Waals surface area contributed by atoms with Crippen LogP contribution in [-0.2, 0) is 12.7 Å². The normalized spacial score (nSPS) is 11.2. The van der Waals surface area contributed by atoms with Crippen molar-refractivity contribution in [2.75, 3.05) is 5.32 Å². The van der Waals surface area contributed by atoms with Gasteiger partial charge in [-0.25, -0.2) is 18.0 Å². The van der Waals surface area contributed by atoms with E-state index < -0.39 is 40.9 Å². The van der Waals surface area contributed by atoms with E-state index in [1.165, 1.54) is 6.07 Å². The highest BCUT2D eigenvalue weighted by Gasteiger charge is 2.35. The number of carbonyl (C=O) groups excluding carboxylic acids is 1. The summed E-state index contributed by atoms with van der Waals surface area (Å²) in [6.07, 6.45) is -4.90. The number of carbonyl (C=O) groups is 1. The van der Waals surface area contributed by atoms with E-state index in [1.54, 1.807) is 0 Å². The molecule has 2 amide bonds. The van der Waals surface area contributed by atoms with E-state index in [1.807, 2.05) is 5.32 Å². The number of halogens is 6. The van der Waals surface area contributed by atoms with Gasteiger partial charge in [-0.05, 0) is 29.8 Å². The lowest BCUT2D eigenvalue weighted by molar-refractivity contribution is -0.139. The SMILES string of the molecule is O=C(NCc1ccc(F)c(F)c1)Nc1cccc(C(F)(F)F)c1F. The van der Waals surface area contributed by atoms with E-state index in [-0.39, 0.29) is 12.1 Å². The van der Waals surface area contributed by atoms with Gasteiger partial charge in [0.05, 0.1) is 11.3 Å². The van der Waals surface area contributed by atoms with Crippen LogP contribution in [-0.4, -0.2) is 6.03 Å². The monoisotopic (exact) mass is 348 g/mol. The van der Waals surface area contributed by atoms with Crippen molar-refractivity contribution < 1.29 is 31.1 Å². The summed E-state index contributed by atoms with van der Waals surface area (Å²) in [5, 5.41) is 4.12. The second-order valence-corrected chi connectivity index (χ2v) is 4.72. The minimum Gasteiger partial charge on any atom is -0.334 e. The first-order chi connectivity index (χ1) is 11.2. The summed E-state index contributed by atoms with van der Waals surface area (Å²) in [6, 6.07) is 4.36. The molecule has 0 atom stereocenters. The molecule has 0 aromatic heterocycles. The second kappa shape index (κ2) is 6.81. The number of urea groups is 1. The van der Waals surface area contributed by atoms with Crippen LogP contribution >= 0.6 is 0 Å². The highest BCUT2D eigenvalue weighted by Crippen LogP contribution is 2.33. The van der Waals surface area contributed by atoms with Crippen molar-refractivity contribution in [1.82, 2.24) is 5.32 Å². The summed E-state index contributed by atoms with van der Waals surface area (Å²) < 4.78 is 77.2. The number of hydrogen-bond acceptors (Lipinski definition) is 1. The number of rotatable bonds is 3. The summed E-state index contributed by atoms with van der Waals surface area (Å²) in [6.45, 7) is -0.233. The van der Waals surface area contributed by atoms with Gasteiger partial charge in [0.1, 0.15) is 0 Å². The molecule has 0 aliphatic rings. The van der Waals surface area contributed by atoms with Gasteiger partial charge in [0.15, 0.2) is 17.5 Å². The van der Waals surface area contributed by atoms with Crippen LogP contribution in [0.3, 0.4) is 0 Å². The van der Waals surface area contributed by atoms with Crippen molar-refractivity contribution >= 4 is 11.7 Å². The molecule has 24 heavy (non-hydrogen) atoms. The van der Waals surface area contributed by atoms with Crippen LogP contribution in [0.2, 0.25) is 0 Å². The quantitative estimate of drug-likeness (QED) is 0.791. The highest BCUT2D eigenvalue weighted by molar-refractivity contribution is 5.89. The standard InChI is InChI=1S/C15H10F6N2O/c16-10-5-4-8(6-11(10)17)7-22-14(24)23-12-3-1-2-9(13(12)18)15(19,20)21/h1-6H,7H2,(H2,22,23,24). The molecule has 0 fully saturated rings. The lowest BCUT2D eigenvalue weighted by Gasteiger charge is -2.12. The van der Waals surface area contributed by atoms with E-state index in [0.717, 1.165) is 24.3 Å². The van der Waals surface area contributed by atoms with Crippen molar-refractivity contribution in [3.05, 3.63) is 65.0 Å². The fourth-order valence-electron chi connectivity index (χ4n) is 1.85. The zero-order valence-corrected chi connectivity index (χ0v) is 11.8. The van der Waals surface area contributed by atoms with Crippen LogP contribution in [0.5, 0.6) is 0 Å². The molecule has 128 valence electrons. The number of hydrogen-bond donors (Lipinski definition) is 2. The summed E-state index contributed by atoms with van der Waals surface area (Å²) >= 11 is 0. The summed E-state index contributed by atoms with van der Waals surface area (Å²) in [5.74, 6) is -3.79. The molecule has 2 aromatic carbocycles. The van der Waals surface area contributed by atoms with Gasteiger partial charge in [-0.3, -0.25) is 0 Å². The van der Waals surface area contributed by atoms with E-state index in [2.05, 4.69) is 5.32 Å². The number of nitrogens with one attached hydrogen (secondary N) is 2. The van der Waals surface area contributed by atoms with E-state index >= 15 is 0 Å². The lowest BCUT2D eigenvalue weighted by Crippen LogP contribution is -2.29. The molecular weight excluding hydrogens is 338 g/mol. The zero-order valence-electron chi connectivity index (χ0n) is 11.8. The summed E-state index contributed by atoms with van der Waals surface area (Å²) in [7, 11) is 0. The molecule has 0 saturated carbocycles. The Balaban J connectivity index is 2.04. The van der Waals surface area contributed by atoms with Crippen molar-refractivity contribution in [2.45, 2.75) is 12.7 Å². The summed E-state index contributed by atoms with van der Waals surface area (Å²) in [4.78, 5) is 11.6. The molecule has 0 aliphatic carbocycles.